The number of benzene rings is 1. The molecule has 0 aliphatic carbocycles. The minimum absolute atomic E-state index is 0.0959. The first kappa shape index (κ1) is 11.7. The fraction of sp³-hybridized carbons (Fsp3) is 0.200. The van der Waals surface area contributed by atoms with Crippen LogP contribution in [0.1, 0.15) is 6.42 Å². The number of ketones is 1. The third-order valence-electron chi connectivity index (χ3n) is 2.41. The number of carbonyl (C=O) groups excluding carboxylic acids is 2. The van der Waals surface area contributed by atoms with Gasteiger partial charge in [-0.2, -0.15) is 0 Å². The Balaban J connectivity index is 2.48. The topological polar surface area (TPSA) is 80.5 Å². The molecule has 6 nitrogen and oxygen atoms in total. The van der Waals surface area contributed by atoms with Crippen LogP contribution in [0.2, 0.25) is 0 Å². The van der Waals surface area contributed by atoms with E-state index in [0.29, 0.717) is 4.47 Å². The molecule has 0 radical (unpaired) electrons. The molecule has 1 aromatic rings. The van der Waals surface area contributed by atoms with Gasteiger partial charge in [-0.1, -0.05) is 15.9 Å². The lowest BCUT2D eigenvalue weighted by atomic mass is 10.2. The highest BCUT2D eigenvalue weighted by molar-refractivity contribution is 9.10. The van der Waals surface area contributed by atoms with Crippen molar-refractivity contribution in [3.63, 3.8) is 0 Å². The smallest absolute Gasteiger partial charge is 0.294 e. The van der Waals surface area contributed by atoms with Crippen LogP contribution >= 0.6 is 15.9 Å². The Morgan fingerprint density at radius 3 is 2.59 bits per heavy atom. The van der Waals surface area contributed by atoms with E-state index < -0.39 is 10.8 Å². The van der Waals surface area contributed by atoms with Crippen molar-refractivity contribution in [2.75, 3.05) is 11.4 Å². The summed E-state index contributed by atoms with van der Waals surface area (Å²) in [7, 11) is 0. The van der Waals surface area contributed by atoms with Crippen molar-refractivity contribution in [3.05, 3.63) is 32.8 Å². The summed E-state index contributed by atoms with van der Waals surface area (Å²) in [4.78, 5) is 34.1. The van der Waals surface area contributed by atoms with Crippen molar-refractivity contribution < 1.29 is 14.5 Å². The molecule has 17 heavy (non-hydrogen) atoms. The normalized spacial score (nSPS) is 15.5. The van der Waals surface area contributed by atoms with Gasteiger partial charge in [0.05, 0.1) is 17.9 Å². The molecule has 7 heteroatoms. The second kappa shape index (κ2) is 4.25. The van der Waals surface area contributed by atoms with Crippen molar-refractivity contribution in [2.24, 2.45) is 0 Å². The highest BCUT2D eigenvalue weighted by Crippen LogP contribution is 2.32. The van der Waals surface area contributed by atoms with Crippen LogP contribution in [-0.2, 0) is 9.59 Å². The monoisotopic (exact) mass is 298 g/mol. The predicted octanol–water partition coefficient (Wildman–Crippen LogP) is 1.66. The van der Waals surface area contributed by atoms with Gasteiger partial charge in [-0.05, 0) is 12.1 Å². The molecular weight excluding hydrogens is 292 g/mol. The summed E-state index contributed by atoms with van der Waals surface area (Å²) in [5.41, 5.74) is -0.0310. The molecule has 1 amide bonds. The van der Waals surface area contributed by atoms with Crippen molar-refractivity contribution in [1.29, 1.82) is 0 Å². The molecule has 1 saturated heterocycles. The third-order valence-corrected chi connectivity index (χ3v) is 2.90. The van der Waals surface area contributed by atoms with Crippen molar-refractivity contribution in [1.82, 2.24) is 0 Å². The van der Waals surface area contributed by atoms with E-state index in [1.54, 1.807) is 6.07 Å². The lowest BCUT2D eigenvalue weighted by Crippen LogP contribution is -2.25. The Kier molecular flexibility index (Phi) is 2.93. The zero-order chi connectivity index (χ0) is 12.6. The predicted molar refractivity (Wildman–Crippen MR) is 62.8 cm³/mol. The summed E-state index contributed by atoms with van der Waals surface area (Å²) >= 11 is 3.13. The minimum Gasteiger partial charge on any atom is -0.299 e. The number of hydrogen-bond acceptors (Lipinski definition) is 4. The molecule has 0 atom stereocenters. The molecule has 1 heterocycles. The SMILES string of the molecule is O=C1CC(=O)N(c2ccc(Br)cc2[N+](=O)[O-])C1. The van der Waals surface area contributed by atoms with Gasteiger partial charge in [0.2, 0.25) is 5.91 Å². The standard InChI is InChI=1S/C10H7BrN2O4/c11-6-1-2-8(9(3-6)13(16)17)12-5-7(14)4-10(12)15/h1-3H,4-5H2. The van der Waals surface area contributed by atoms with Gasteiger partial charge < -0.3 is 0 Å². The minimum atomic E-state index is -0.573. The number of nitrogens with zero attached hydrogens (tertiary/aromatic N) is 2. The number of hydrogen-bond donors (Lipinski definition) is 0. The third kappa shape index (κ3) is 2.19. The molecule has 1 aliphatic rings. The molecule has 1 aliphatic heterocycles. The largest absolute Gasteiger partial charge is 0.299 e. The lowest BCUT2D eigenvalue weighted by molar-refractivity contribution is -0.384. The fourth-order valence-corrected chi connectivity index (χ4v) is 2.02. The number of nitro groups is 1. The van der Waals surface area contributed by atoms with E-state index in [0.717, 1.165) is 4.90 Å². The number of anilines is 1. The number of Topliss-reactive ketones (excluding diaryl/α,β-unsaturated/α-hetero) is 1. The second-order valence-electron chi connectivity index (χ2n) is 3.59. The van der Waals surface area contributed by atoms with Crippen molar-refractivity contribution >= 4 is 39.0 Å². The van der Waals surface area contributed by atoms with E-state index in [4.69, 9.17) is 0 Å². The fourth-order valence-electron chi connectivity index (χ4n) is 1.68. The molecular formula is C10H7BrN2O4. The first-order valence-electron chi connectivity index (χ1n) is 4.75. The summed E-state index contributed by atoms with van der Waals surface area (Å²) in [5, 5.41) is 10.9. The van der Waals surface area contributed by atoms with Crippen LogP contribution in [0.4, 0.5) is 11.4 Å². The quantitative estimate of drug-likeness (QED) is 0.472. The summed E-state index contributed by atoms with van der Waals surface area (Å²) in [6.45, 7) is -0.0959. The van der Waals surface area contributed by atoms with Crippen LogP contribution in [0.5, 0.6) is 0 Å². The van der Waals surface area contributed by atoms with Gasteiger partial charge in [0.15, 0.2) is 5.78 Å². The molecule has 0 saturated carbocycles. The van der Waals surface area contributed by atoms with Crippen LogP contribution in [0.3, 0.4) is 0 Å². The molecule has 0 unspecified atom stereocenters. The van der Waals surface area contributed by atoms with Crippen LogP contribution in [0.25, 0.3) is 0 Å². The van der Waals surface area contributed by atoms with Crippen molar-refractivity contribution in [3.8, 4) is 0 Å². The molecule has 2 rings (SSSR count). The summed E-state index contributed by atoms with van der Waals surface area (Å²) in [5.74, 6) is -0.632. The maximum absolute atomic E-state index is 11.5. The van der Waals surface area contributed by atoms with Gasteiger partial charge in [0.1, 0.15) is 5.69 Å². The van der Waals surface area contributed by atoms with Gasteiger partial charge in [0.25, 0.3) is 5.69 Å². The number of halogens is 1. The molecule has 0 aromatic heterocycles. The first-order chi connectivity index (χ1) is 7.99. The Morgan fingerprint density at radius 2 is 2.06 bits per heavy atom. The number of nitro benzene ring substituents is 1. The zero-order valence-corrected chi connectivity index (χ0v) is 10.1. The Hall–Kier alpha value is -1.76. The second-order valence-corrected chi connectivity index (χ2v) is 4.50. The number of carbonyl (C=O) groups is 2. The van der Waals surface area contributed by atoms with Crippen LogP contribution in [-0.4, -0.2) is 23.2 Å². The van der Waals surface area contributed by atoms with E-state index in [1.165, 1.54) is 12.1 Å². The number of amides is 1. The molecule has 0 bridgehead atoms. The van der Waals surface area contributed by atoms with E-state index in [9.17, 15) is 19.7 Å². The summed E-state index contributed by atoms with van der Waals surface area (Å²) in [6, 6.07) is 4.36. The average Bonchev–Trinajstić information content (AvgIpc) is 2.57. The Labute approximate surface area is 104 Å². The maximum Gasteiger partial charge on any atom is 0.294 e. The summed E-state index contributed by atoms with van der Waals surface area (Å²) < 4.78 is 0.547. The zero-order valence-electron chi connectivity index (χ0n) is 8.55. The van der Waals surface area contributed by atoms with E-state index in [1.807, 2.05) is 0 Å². The van der Waals surface area contributed by atoms with Crippen LogP contribution in [0, 0.1) is 10.1 Å². The Morgan fingerprint density at radius 1 is 1.35 bits per heavy atom. The lowest BCUT2D eigenvalue weighted by Gasteiger charge is -2.14. The van der Waals surface area contributed by atoms with E-state index >= 15 is 0 Å². The number of rotatable bonds is 2. The van der Waals surface area contributed by atoms with Gasteiger partial charge in [-0.15, -0.1) is 0 Å². The van der Waals surface area contributed by atoms with E-state index in [-0.39, 0.29) is 30.1 Å². The molecule has 88 valence electrons. The van der Waals surface area contributed by atoms with Crippen molar-refractivity contribution in [2.45, 2.75) is 6.42 Å². The molecule has 1 fully saturated rings. The van der Waals surface area contributed by atoms with Gasteiger partial charge in [0, 0.05) is 10.5 Å². The summed E-state index contributed by atoms with van der Waals surface area (Å²) in [6.07, 6.45) is -0.187. The van der Waals surface area contributed by atoms with Crippen LogP contribution < -0.4 is 4.90 Å². The van der Waals surface area contributed by atoms with E-state index in [2.05, 4.69) is 15.9 Å². The van der Waals surface area contributed by atoms with Gasteiger partial charge >= 0.3 is 0 Å². The average molecular weight is 299 g/mol. The highest BCUT2D eigenvalue weighted by Gasteiger charge is 2.32. The molecule has 1 aromatic carbocycles. The first-order valence-corrected chi connectivity index (χ1v) is 5.54. The van der Waals surface area contributed by atoms with Gasteiger partial charge in [-0.25, -0.2) is 0 Å². The van der Waals surface area contributed by atoms with Crippen LogP contribution in [0.15, 0.2) is 22.7 Å². The molecule has 0 N–H and O–H groups in total. The Bertz CT molecular complexity index is 529. The highest BCUT2D eigenvalue weighted by atomic mass is 79.9. The maximum atomic E-state index is 11.5. The van der Waals surface area contributed by atoms with Gasteiger partial charge in [-0.3, -0.25) is 24.6 Å². The molecule has 0 spiro atoms.